The number of hydrogen-bond donors (Lipinski definition) is 2. The average Bonchev–Trinajstić information content (AvgIpc) is 3.08. The van der Waals surface area contributed by atoms with Crippen LogP contribution in [0.1, 0.15) is 5.82 Å². The third-order valence-electron chi connectivity index (χ3n) is 4.24. The summed E-state index contributed by atoms with van der Waals surface area (Å²) in [6.07, 6.45) is 0. The Hall–Kier alpha value is -3.65. The molecule has 0 unspecified atom stereocenters. The lowest BCUT2D eigenvalue weighted by molar-refractivity contribution is 0.262. The second-order valence-electron chi connectivity index (χ2n) is 6.24. The van der Waals surface area contributed by atoms with Gasteiger partial charge in [-0.2, -0.15) is 9.61 Å². The number of halogens is 1. The molecule has 0 saturated heterocycles. The summed E-state index contributed by atoms with van der Waals surface area (Å²) in [6.45, 7) is 1.84. The van der Waals surface area contributed by atoms with Crippen LogP contribution >= 0.6 is 11.6 Å². The van der Waals surface area contributed by atoms with E-state index < -0.39 is 6.03 Å². The molecule has 0 fully saturated rings. The van der Waals surface area contributed by atoms with Gasteiger partial charge in [-0.3, -0.25) is 0 Å². The van der Waals surface area contributed by atoms with Crippen molar-refractivity contribution in [1.29, 1.82) is 0 Å². The number of amides is 2. The van der Waals surface area contributed by atoms with Crippen molar-refractivity contribution in [2.45, 2.75) is 6.92 Å². The summed E-state index contributed by atoms with van der Waals surface area (Å²) in [5.74, 6) is 1.21. The molecular formula is C20H17ClN6O2. The van der Waals surface area contributed by atoms with E-state index in [1.165, 1.54) is 7.11 Å². The Bertz CT molecular complexity index is 1210. The molecule has 0 atom stereocenters. The molecule has 0 spiro atoms. The first kappa shape index (κ1) is 18.7. The summed E-state index contributed by atoms with van der Waals surface area (Å²) >= 11 is 6.01. The summed E-state index contributed by atoms with van der Waals surface area (Å²) in [5, 5.41) is 18.6. The fourth-order valence-corrected chi connectivity index (χ4v) is 3.04. The van der Waals surface area contributed by atoms with Gasteiger partial charge in [0.05, 0.1) is 18.5 Å². The zero-order valence-corrected chi connectivity index (χ0v) is 16.4. The highest BCUT2D eigenvalue weighted by molar-refractivity contribution is 6.31. The molecule has 0 aliphatic carbocycles. The second kappa shape index (κ2) is 7.76. The summed E-state index contributed by atoms with van der Waals surface area (Å²) < 4.78 is 6.92. The summed E-state index contributed by atoms with van der Waals surface area (Å²) in [4.78, 5) is 12.4. The lowest BCUT2D eigenvalue weighted by Gasteiger charge is -2.12. The SMILES string of the molecule is COc1ccc(Cl)cc1NC(=O)Nc1cccc(-c2ccc3nnc(C)n3n2)c1. The molecule has 0 bridgehead atoms. The van der Waals surface area contributed by atoms with Crippen LogP contribution in [0.15, 0.2) is 54.6 Å². The lowest BCUT2D eigenvalue weighted by atomic mass is 10.1. The predicted molar refractivity (Wildman–Crippen MR) is 112 cm³/mol. The highest BCUT2D eigenvalue weighted by Crippen LogP contribution is 2.28. The fourth-order valence-electron chi connectivity index (χ4n) is 2.87. The Morgan fingerprint density at radius 2 is 1.93 bits per heavy atom. The molecule has 2 N–H and O–H groups in total. The van der Waals surface area contributed by atoms with E-state index in [1.54, 1.807) is 28.8 Å². The monoisotopic (exact) mass is 408 g/mol. The van der Waals surface area contributed by atoms with Crippen molar-refractivity contribution in [2.24, 2.45) is 0 Å². The third kappa shape index (κ3) is 3.97. The lowest BCUT2D eigenvalue weighted by Crippen LogP contribution is -2.19. The van der Waals surface area contributed by atoms with Gasteiger partial charge in [0.15, 0.2) is 11.5 Å². The van der Waals surface area contributed by atoms with E-state index >= 15 is 0 Å². The number of anilines is 2. The average molecular weight is 409 g/mol. The van der Waals surface area contributed by atoms with Crippen molar-refractivity contribution in [3.8, 4) is 17.0 Å². The third-order valence-corrected chi connectivity index (χ3v) is 4.48. The molecule has 2 aromatic heterocycles. The number of aromatic nitrogens is 4. The quantitative estimate of drug-likeness (QED) is 0.521. The Labute approximate surface area is 171 Å². The van der Waals surface area contributed by atoms with Crippen molar-refractivity contribution in [1.82, 2.24) is 19.8 Å². The maximum atomic E-state index is 12.4. The maximum absolute atomic E-state index is 12.4. The van der Waals surface area contributed by atoms with Crippen LogP contribution in [0, 0.1) is 6.92 Å². The highest BCUT2D eigenvalue weighted by Gasteiger charge is 2.10. The van der Waals surface area contributed by atoms with Crippen LogP contribution in [-0.2, 0) is 0 Å². The highest BCUT2D eigenvalue weighted by atomic mass is 35.5. The number of nitrogens with zero attached hydrogens (tertiary/aromatic N) is 4. The molecular weight excluding hydrogens is 392 g/mol. The van der Waals surface area contributed by atoms with Gasteiger partial charge in [-0.25, -0.2) is 4.79 Å². The van der Waals surface area contributed by atoms with Gasteiger partial charge in [-0.1, -0.05) is 23.7 Å². The minimum atomic E-state index is -0.416. The minimum Gasteiger partial charge on any atom is -0.495 e. The number of ether oxygens (including phenoxy) is 1. The van der Waals surface area contributed by atoms with Crippen LogP contribution in [0.4, 0.5) is 16.2 Å². The number of urea groups is 1. The first-order valence-corrected chi connectivity index (χ1v) is 9.12. The predicted octanol–water partition coefficient (Wildman–Crippen LogP) is 4.41. The van der Waals surface area contributed by atoms with E-state index in [9.17, 15) is 4.79 Å². The van der Waals surface area contributed by atoms with Crippen molar-refractivity contribution < 1.29 is 9.53 Å². The van der Waals surface area contributed by atoms with Crippen molar-refractivity contribution >= 4 is 34.7 Å². The molecule has 29 heavy (non-hydrogen) atoms. The van der Waals surface area contributed by atoms with Crippen LogP contribution in [0.3, 0.4) is 0 Å². The van der Waals surface area contributed by atoms with Crippen LogP contribution in [0.2, 0.25) is 5.02 Å². The number of hydrogen-bond acceptors (Lipinski definition) is 5. The van der Waals surface area contributed by atoms with Crippen molar-refractivity contribution in [3.63, 3.8) is 0 Å². The summed E-state index contributed by atoms with van der Waals surface area (Å²) in [6, 6.07) is 15.7. The van der Waals surface area contributed by atoms with Crippen LogP contribution in [0.5, 0.6) is 5.75 Å². The van der Waals surface area contributed by atoms with Gasteiger partial charge in [0, 0.05) is 16.3 Å². The van der Waals surface area contributed by atoms with E-state index in [4.69, 9.17) is 16.3 Å². The molecule has 0 saturated carbocycles. The molecule has 146 valence electrons. The minimum absolute atomic E-state index is 0.416. The van der Waals surface area contributed by atoms with Gasteiger partial charge < -0.3 is 15.4 Å². The molecule has 0 aliphatic rings. The maximum Gasteiger partial charge on any atom is 0.323 e. The van der Waals surface area contributed by atoms with E-state index in [2.05, 4.69) is 25.9 Å². The number of methoxy groups -OCH3 is 1. The molecule has 2 heterocycles. The molecule has 4 rings (SSSR count). The van der Waals surface area contributed by atoms with Gasteiger partial charge in [-0.05, 0) is 49.4 Å². The van der Waals surface area contributed by atoms with Gasteiger partial charge in [0.1, 0.15) is 5.75 Å². The largest absolute Gasteiger partial charge is 0.495 e. The first-order chi connectivity index (χ1) is 14.0. The number of fused-ring (bicyclic) bond motifs is 1. The number of rotatable bonds is 4. The van der Waals surface area contributed by atoms with E-state index in [0.717, 1.165) is 11.3 Å². The Kier molecular flexibility index (Phi) is 5.01. The first-order valence-electron chi connectivity index (χ1n) is 8.74. The van der Waals surface area contributed by atoms with Gasteiger partial charge >= 0.3 is 6.03 Å². The molecule has 0 aliphatic heterocycles. The van der Waals surface area contributed by atoms with Crippen molar-refractivity contribution in [3.05, 3.63) is 65.4 Å². The smallest absolute Gasteiger partial charge is 0.323 e. The van der Waals surface area contributed by atoms with Crippen LogP contribution < -0.4 is 15.4 Å². The van der Waals surface area contributed by atoms with Crippen LogP contribution in [-0.4, -0.2) is 33.0 Å². The normalized spacial score (nSPS) is 10.7. The standard InChI is InChI=1S/C20H17ClN6O2/c1-12-24-25-19-9-7-16(26-27(12)19)13-4-3-5-15(10-13)22-20(28)23-17-11-14(21)6-8-18(17)29-2/h3-11H,1-2H3,(H2,22,23,28). The molecule has 9 heteroatoms. The Morgan fingerprint density at radius 1 is 1.07 bits per heavy atom. The number of carbonyl (C=O) groups excluding carboxylic acids is 1. The fraction of sp³-hybridized carbons (Fsp3) is 0.100. The van der Waals surface area contributed by atoms with Gasteiger partial charge in [-0.15, -0.1) is 10.2 Å². The number of nitrogens with one attached hydrogen (secondary N) is 2. The topological polar surface area (TPSA) is 93.4 Å². The molecule has 2 aromatic carbocycles. The molecule has 0 radical (unpaired) electrons. The summed E-state index contributed by atoms with van der Waals surface area (Å²) in [5.41, 5.74) is 3.35. The zero-order valence-electron chi connectivity index (χ0n) is 15.7. The van der Waals surface area contributed by atoms with Gasteiger partial charge in [0.2, 0.25) is 0 Å². The van der Waals surface area contributed by atoms with E-state index in [0.29, 0.717) is 33.6 Å². The second-order valence-corrected chi connectivity index (χ2v) is 6.68. The van der Waals surface area contributed by atoms with Gasteiger partial charge in [0.25, 0.3) is 0 Å². The molecule has 2 amide bonds. The van der Waals surface area contributed by atoms with Crippen LogP contribution in [0.25, 0.3) is 16.9 Å². The molecule has 8 nitrogen and oxygen atoms in total. The Balaban J connectivity index is 1.55. The van der Waals surface area contributed by atoms with Crippen molar-refractivity contribution in [2.75, 3.05) is 17.7 Å². The Morgan fingerprint density at radius 3 is 2.76 bits per heavy atom. The number of carbonyl (C=O) groups is 1. The molecule has 4 aromatic rings. The number of aryl methyl sites for hydroxylation is 1. The zero-order chi connectivity index (χ0) is 20.4. The number of benzene rings is 2. The van der Waals surface area contributed by atoms with E-state index in [1.807, 2.05) is 37.3 Å². The summed E-state index contributed by atoms with van der Waals surface area (Å²) in [7, 11) is 1.52. The van der Waals surface area contributed by atoms with E-state index in [-0.39, 0.29) is 0 Å².